The molecule has 17 heavy (non-hydrogen) atoms. The molecule has 2 atom stereocenters. The van der Waals surface area contributed by atoms with E-state index in [1.54, 1.807) is 0 Å². The van der Waals surface area contributed by atoms with Gasteiger partial charge in [0.15, 0.2) is 0 Å². The Bertz CT molecular complexity index is 264. The van der Waals surface area contributed by atoms with Gasteiger partial charge in [-0.3, -0.25) is 4.79 Å². The van der Waals surface area contributed by atoms with Gasteiger partial charge in [0.1, 0.15) is 6.04 Å². The lowest BCUT2D eigenvalue weighted by molar-refractivity contribution is -0.138. The van der Waals surface area contributed by atoms with Crippen molar-refractivity contribution in [1.82, 2.24) is 4.90 Å². The molecule has 0 amide bonds. The Morgan fingerprint density at radius 1 is 1.29 bits per heavy atom. The minimum Gasteiger partial charge on any atom is -0.480 e. The molecule has 0 bridgehead atoms. The molecule has 1 saturated heterocycles. The van der Waals surface area contributed by atoms with Crippen LogP contribution in [0.2, 0.25) is 0 Å². The Kier molecular flexibility index (Phi) is 4.40. The summed E-state index contributed by atoms with van der Waals surface area (Å²) in [5, 5.41) is 8.79. The van der Waals surface area contributed by atoms with Gasteiger partial charge in [0.25, 0.3) is 0 Å². The molecule has 2 rings (SSSR count). The van der Waals surface area contributed by atoms with Crippen molar-refractivity contribution in [3.63, 3.8) is 0 Å². The number of carboxylic acid groups (broad SMARTS) is 1. The van der Waals surface area contributed by atoms with Gasteiger partial charge < -0.3 is 15.7 Å². The van der Waals surface area contributed by atoms with Crippen LogP contribution in [-0.2, 0) is 4.79 Å². The van der Waals surface area contributed by atoms with Crippen LogP contribution in [-0.4, -0.2) is 41.1 Å². The minimum atomic E-state index is -0.874. The van der Waals surface area contributed by atoms with Crippen LogP contribution in [0.1, 0.15) is 44.9 Å². The number of nitrogens with zero attached hydrogens (tertiary/aromatic N) is 1. The summed E-state index contributed by atoms with van der Waals surface area (Å²) in [5.74, 6) is -0.0137. The number of rotatable bonds is 5. The van der Waals surface area contributed by atoms with Crippen molar-refractivity contribution in [2.75, 3.05) is 13.1 Å². The summed E-state index contributed by atoms with van der Waals surface area (Å²) in [6.45, 7) is 1.99. The van der Waals surface area contributed by atoms with E-state index in [0.717, 1.165) is 19.0 Å². The molecular formula is C13H24N2O2. The summed E-state index contributed by atoms with van der Waals surface area (Å²) >= 11 is 0. The van der Waals surface area contributed by atoms with Crippen molar-refractivity contribution in [3.05, 3.63) is 0 Å². The van der Waals surface area contributed by atoms with E-state index in [-0.39, 0.29) is 0 Å². The van der Waals surface area contributed by atoms with Gasteiger partial charge in [-0.2, -0.15) is 0 Å². The maximum Gasteiger partial charge on any atom is 0.320 e. The Balaban J connectivity index is 1.80. The van der Waals surface area contributed by atoms with Gasteiger partial charge in [0.05, 0.1) is 0 Å². The van der Waals surface area contributed by atoms with Crippen LogP contribution in [0.3, 0.4) is 0 Å². The van der Waals surface area contributed by atoms with E-state index in [2.05, 4.69) is 4.90 Å². The number of likely N-dealkylation sites (tertiary alicyclic amines) is 1. The lowest BCUT2D eigenvalue weighted by Crippen LogP contribution is -2.39. The van der Waals surface area contributed by atoms with Crippen molar-refractivity contribution in [2.24, 2.45) is 11.7 Å². The molecule has 98 valence electrons. The molecule has 1 aliphatic carbocycles. The second kappa shape index (κ2) is 5.83. The Morgan fingerprint density at radius 3 is 2.65 bits per heavy atom. The number of aliphatic carboxylic acids is 1. The second-order valence-corrected chi connectivity index (χ2v) is 5.52. The molecular weight excluding hydrogens is 216 g/mol. The van der Waals surface area contributed by atoms with Gasteiger partial charge in [-0.05, 0) is 44.6 Å². The van der Waals surface area contributed by atoms with E-state index in [0.29, 0.717) is 12.5 Å². The van der Waals surface area contributed by atoms with Gasteiger partial charge in [-0.15, -0.1) is 0 Å². The van der Waals surface area contributed by atoms with E-state index in [9.17, 15) is 4.79 Å². The zero-order valence-electron chi connectivity index (χ0n) is 10.5. The third-order valence-electron chi connectivity index (χ3n) is 4.40. The molecule has 0 spiro atoms. The topological polar surface area (TPSA) is 66.6 Å². The van der Waals surface area contributed by atoms with Crippen molar-refractivity contribution in [2.45, 2.75) is 57.0 Å². The Labute approximate surface area is 103 Å². The molecule has 1 saturated carbocycles. The number of hydrogen-bond donors (Lipinski definition) is 2. The van der Waals surface area contributed by atoms with Crippen molar-refractivity contribution >= 4 is 5.97 Å². The van der Waals surface area contributed by atoms with Gasteiger partial charge in [-0.25, -0.2) is 0 Å². The predicted molar refractivity (Wildman–Crippen MR) is 66.8 cm³/mol. The van der Waals surface area contributed by atoms with E-state index < -0.39 is 12.0 Å². The van der Waals surface area contributed by atoms with Crippen LogP contribution in [0.5, 0.6) is 0 Å². The molecule has 1 aliphatic heterocycles. The van der Waals surface area contributed by atoms with Crippen molar-refractivity contribution in [1.29, 1.82) is 0 Å². The van der Waals surface area contributed by atoms with E-state index >= 15 is 0 Å². The Hall–Kier alpha value is -0.610. The van der Waals surface area contributed by atoms with Gasteiger partial charge in [0.2, 0.25) is 0 Å². The average Bonchev–Trinajstić information content (AvgIpc) is 2.95. The molecule has 4 nitrogen and oxygen atoms in total. The molecule has 4 heteroatoms. The van der Waals surface area contributed by atoms with E-state index in [1.165, 1.54) is 38.5 Å². The van der Waals surface area contributed by atoms with Gasteiger partial charge in [0, 0.05) is 12.6 Å². The summed E-state index contributed by atoms with van der Waals surface area (Å²) in [6, 6.07) is 0.0123. The molecule has 0 aromatic carbocycles. The summed E-state index contributed by atoms with van der Waals surface area (Å²) in [6.07, 6.45) is 8.64. The first-order valence-electron chi connectivity index (χ1n) is 6.91. The molecule has 2 aliphatic rings. The molecule has 0 aromatic rings. The lowest BCUT2D eigenvalue weighted by Gasteiger charge is -2.29. The number of carbonyl (C=O) groups is 1. The maximum atomic E-state index is 10.7. The average molecular weight is 240 g/mol. The van der Waals surface area contributed by atoms with Crippen LogP contribution < -0.4 is 5.73 Å². The third-order valence-corrected chi connectivity index (χ3v) is 4.40. The first kappa shape index (κ1) is 12.8. The van der Waals surface area contributed by atoms with Crippen LogP contribution >= 0.6 is 0 Å². The van der Waals surface area contributed by atoms with Crippen LogP contribution in [0, 0.1) is 5.92 Å². The van der Waals surface area contributed by atoms with E-state index in [1.807, 2.05) is 0 Å². The largest absolute Gasteiger partial charge is 0.480 e. The normalized spacial score (nSPS) is 28.6. The standard InChI is InChI=1S/C13H24N2O2/c14-11(13(16)17)7-9-15-8-3-6-12(15)10-4-1-2-5-10/h10-12H,1-9,14H2,(H,16,17). The highest BCUT2D eigenvalue weighted by molar-refractivity contribution is 5.72. The fourth-order valence-corrected chi connectivity index (χ4v) is 3.43. The molecule has 0 radical (unpaired) electrons. The highest BCUT2D eigenvalue weighted by Crippen LogP contribution is 2.35. The SMILES string of the molecule is NC(CCN1CCCC1C1CCCC1)C(=O)O. The zero-order chi connectivity index (χ0) is 12.3. The molecule has 2 fully saturated rings. The summed E-state index contributed by atoms with van der Waals surface area (Å²) in [4.78, 5) is 13.2. The van der Waals surface area contributed by atoms with Crippen LogP contribution in [0.25, 0.3) is 0 Å². The summed E-state index contributed by atoms with van der Waals surface area (Å²) in [5.41, 5.74) is 5.57. The van der Waals surface area contributed by atoms with Gasteiger partial charge >= 0.3 is 5.97 Å². The van der Waals surface area contributed by atoms with E-state index in [4.69, 9.17) is 10.8 Å². The second-order valence-electron chi connectivity index (χ2n) is 5.52. The fourth-order valence-electron chi connectivity index (χ4n) is 3.43. The minimum absolute atomic E-state index is 0.582. The smallest absolute Gasteiger partial charge is 0.320 e. The quantitative estimate of drug-likeness (QED) is 0.763. The molecule has 0 aromatic heterocycles. The molecule has 2 unspecified atom stereocenters. The number of hydrogen-bond acceptors (Lipinski definition) is 3. The lowest BCUT2D eigenvalue weighted by atomic mass is 9.96. The van der Waals surface area contributed by atoms with Crippen LogP contribution in [0.4, 0.5) is 0 Å². The highest BCUT2D eigenvalue weighted by atomic mass is 16.4. The third kappa shape index (κ3) is 3.19. The zero-order valence-corrected chi connectivity index (χ0v) is 10.5. The first-order valence-corrected chi connectivity index (χ1v) is 6.91. The Morgan fingerprint density at radius 2 is 2.00 bits per heavy atom. The fraction of sp³-hybridized carbons (Fsp3) is 0.923. The highest BCUT2D eigenvalue weighted by Gasteiger charge is 2.33. The predicted octanol–water partition coefficient (Wildman–Crippen LogP) is 1.44. The van der Waals surface area contributed by atoms with Crippen molar-refractivity contribution < 1.29 is 9.90 Å². The van der Waals surface area contributed by atoms with Gasteiger partial charge in [-0.1, -0.05) is 12.8 Å². The number of carboxylic acids is 1. The monoisotopic (exact) mass is 240 g/mol. The first-order chi connectivity index (χ1) is 8.18. The summed E-state index contributed by atoms with van der Waals surface area (Å²) < 4.78 is 0. The van der Waals surface area contributed by atoms with Crippen molar-refractivity contribution in [3.8, 4) is 0 Å². The molecule has 1 heterocycles. The maximum absolute atomic E-state index is 10.7. The number of nitrogens with two attached hydrogens (primary N) is 1. The summed E-state index contributed by atoms with van der Waals surface area (Å²) in [7, 11) is 0. The molecule has 3 N–H and O–H groups in total. The van der Waals surface area contributed by atoms with Crippen LogP contribution in [0.15, 0.2) is 0 Å².